The lowest BCUT2D eigenvalue weighted by Gasteiger charge is -2.09. The number of carbonyl (C=O) groups excluding carboxylic acids is 1. The van der Waals surface area contributed by atoms with Gasteiger partial charge in [-0.05, 0) is 25.5 Å². The molecule has 0 saturated heterocycles. The molecule has 2 aromatic rings. The fraction of sp³-hybridized carbons (Fsp3) is 0.385. The molecule has 0 aliphatic rings. The number of aromatic nitrogens is 2. The number of nitrogens with zero attached hydrogens (tertiary/aromatic N) is 2. The van der Waals surface area contributed by atoms with E-state index in [1.165, 1.54) is 6.07 Å². The quantitative estimate of drug-likeness (QED) is 0.880. The van der Waals surface area contributed by atoms with E-state index >= 15 is 0 Å². The third kappa shape index (κ3) is 2.56. The number of alkyl halides is 1. The molecular formula is C13H15ClFN3O. The molecule has 6 heteroatoms. The summed E-state index contributed by atoms with van der Waals surface area (Å²) in [6.45, 7) is 3.56. The Kier molecular flexibility index (Phi) is 3.75. The van der Waals surface area contributed by atoms with E-state index in [4.69, 9.17) is 11.6 Å². The number of hydrogen-bond acceptors (Lipinski definition) is 2. The third-order valence-corrected chi connectivity index (χ3v) is 3.19. The molecular weight excluding hydrogens is 269 g/mol. The largest absolute Gasteiger partial charge is 0.358 e. The summed E-state index contributed by atoms with van der Waals surface area (Å²) < 4.78 is 15.3. The fourth-order valence-corrected chi connectivity index (χ4v) is 2.13. The van der Waals surface area contributed by atoms with E-state index in [1.54, 1.807) is 31.5 Å². The normalized spacial score (nSPS) is 12.7. The van der Waals surface area contributed by atoms with Crippen LogP contribution in [0.25, 0.3) is 11.0 Å². The van der Waals surface area contributed by atoms with Gasteiger partial charge in [0.1, 0.15) is 18.2 Å². The number of carbonyl (C=O) groups is 1. The number of benzene rings is 1. The van der Waals surface area contributed by atoms with E-state index < -0.39 is 0 Å². The minimum Gasteiger partial charge on any atom is -0.358 e. The van der Waals surface area contributed by atoms with Crippen molar-refractivity contribution in [1.82, 2.24) is 14.9 Å². The second-order valence-electron chi connectivity index (χ2n) is 4.44. The van der Waals surface area contributed by atoms with Crippen LogP contribution in [0.4, 0.5) is 4.39 Å². The number of likely N-dealkylation sites (N-methyl/N-ethyl adjacent to an activating group) is 1. The Morgan fingerprint density at radius 3 is 2.84 bits per heavy atom. The predicted octanol–water partition coefficient (Wildman–Crippen LogP) is 2.53. The van der Waals surface area contributed by atoms with Crippen LogP contribution in [0.15, 0.2) is 12.1 Å². The van der Waals surface area contributed by atoms with Crippen molar-refractivity contribution in [2.45, 2.75) is 25.8 Å². The van der Waals surface area contributed by atoms with Gasteiger partial charge in [-0.3, -0.25) is 4.79 Å². The maximum atomic E-state index is 13.6. The maximum absolute atomic E-state index is 13.6. The molecule has 0 bridgehead atoms. The zero-order valence-corrected chi connectivity index (χ0v) is 11.8. The summed E-state index contributed by atoms with van der Waals surface area (Å²) in [6.07, 6.45) is 0. The van der Waals surface area contributed by atoms with Gasteiger partial charge in [0.2, 0.25) is 5.91 Å². The van der Waals surface area contributed by atoms with Crippen molar-refractivity contribution in [3.05, 3.63) is 29.3 Å². The Labute approximate surface area is 115 Å². The van der Waals surface area contributed by atoms with Crippen LogP contribution in [0.2, 0.25) is 0 Å². The second-order valence-corrected chi connectivity index (χ2v) is 5.09. The number of hydrogen-bond donors (Lipinski definition) is 1. The second kappa shape index (κ2) is 5.17. The monoisotopic (exact) mass is 283 g/mol. The number of fused-ring (bicyclic) bond motifs is 1. The Balaban J connectivity index is 2.65. The first-order valence-electron chi connectivity index (χ1n) is 5.95. The highest BCUT2D eigenvalue weighted by Crippen LogP contribution is 2.26. The van der Waals surface area contributed by atoms with Crippen molar-refractivity contribution in [3.63, 3.8) is 0 Å². The van der Waals surface area contributed by atoms with Gasteiger partial charge in [0.05, 0.1) is 16.4 Å². The minimum absolute atomic E-state index is 0.116. The average Bonchev–Trinajstić information content (AvgIpc) is 2.68. The average molecular weight is 284 g/mol. The van der Waals surface area contributed by atoms with Gasteiger partial charge >= 0.3 is 0 Å². The molecule has 102 valence electrons. The van der Waals surface area contributed by atoms with Crippen LogP contribution in [0.3, 0.4) is 0 Å². The standard InChI is InChI=1S/C13H15ClFN3O/c1-7-4-11-10(5-9(7)15)17-13(8(2)14)18(11)6-12(19)16-3/h4-5,8H,6H2,1-3H3,(H,16,19). The fourth-order valence-electron chi connectivity index (χ4n) is 1.96. The van der Waals surface area contributed by atoms with Crippen molar-refractivity contribution in [2.75, 3.05) is 7.05 Å². The lowest BCUT2D eigenvalue weighted by molar-refractivity contribution is -0.121. The van der Waals surface area contributed by atoms with Crippen LogP contribution in [0.1, 0.15) is 23.7 Å². The molecule has 1 atom stereocenters. The molecule has 0 radical (unpaired) electrons. The molecule has 1 heterocycles. The molecule has 19 heavy (non-hydrogen) atoms. The summed E-state index contributed by atoms with van der Waals surface area (Å²) >= 11 is 6.08. The molecule has 1 unspecified atom stereocenters. The van der Waals surface area contributed by atoms with Crippen molar-refractivity contribution in [1.29, 1.82) is 0 Å². The molecule has 0 fully saturated rings. The molecule has 0 aliphatic carbocycles. The Morgan fingerprint density at radius 2 is 2.26 bits per heavy atom. The summed E-state index contributed by atoms with van der Waals surface area (Å²) in [6, 6.07) is 3.05. The summed E-state index contributed by atoms with van der Waals surface area (Å²) in [7, 11) is 1.57. The number of halogens is 2. The number of amides is 1. The summed E-state index contributed by atoms with van der Waals surface area (Å²) in [5, 5.41) is 2.19. The number of imidazole rings is 1. The molecule has 0 saturated carbocycles. The SMILES string of the molecule is CNC(=O)Cn1c(C(C)Cl)nc2cc(F)c(C)cc21. The topological polar surface area (TPSA) is 46.9 Å². The highest BCUT2D eigenvalue weighted by molar-refractivity contribution is 6.20. The number of aryl methyl sites for hydroxylation is 1. The van der Waals surface area contributed by atoms with Gasteiger partial charge in [0.25, 0.3) is 0 Å². The van der Waals surface area contributed by atoms with E-state index in [1.807, 2.05) is 0 Å². The summed E-state index contributed by atoms with van der Waals surface area (Å²) in [4.78, 5) is 15.9. The van der Waals surface area contributed by atoms with E-state index in [-0.39, 0.29) is 23.6 Å². The molecule has 1 aromatic heterocycles. The first kappa shape index (κ1) is 13.8. The van der Waals surface area contributed by atoms with Crippen LogP contribution in [0.5, 0.6) is 0 Å². The van der Waals surface area contributed by atoms with Crippen LogP contribution < -0.4 is 5.32 Å². The smallest absolute Gasteiger partial charge is 0.239 e. The lowest BCUT2D eigenvalue weighted by Crippen LogP contribution is -2.24. The summed E-state index contributed by atoms with van der Waals surface area (Å²) in [5.41, 5.74) is 1.74. The zero-order valence-electron chi connectivity index (χ0n) is 11.0. The molecule has 1 aromatic carbocycles. The van der Waals surface area contributed by atoms with E-state index in [2.05, 4.69) is 10.3 Å². The zero-order chi connectivity index (χ0) is 14.2. The molecule has 1 amide bonds. The predicted molar refractivity (Wildman–Crippen MR) is 72.8 cm³/mol. The molecule has 1 N–H and O–H groups in total. The van der Waals surface area contributed by atoms with Gasteiger partial charge < -0.3 is 9.88 Å². The van der Waals surface area contributed by atoms with Gasteiger partial charge in [-0.25, -0.2) is 9.37 Å². The minimum atomic E-state index is -0.361. The molecule has 4 nitrogen and oxygen atoms in total. The number of nitrogens with one attached hydrogen (secondary N) is 1. The first-order chi connectivity index (χ1) is 8.93. The van der Waals surface area contributed by atoms with E-state index in [0.29, 0.717) is 22.4 Å². The van der Waals surface area contributed by atoms with Gasteiger partial charge in [-0.1, -0.05) is 0 Å². The highest BCUT2D eigenvalue weighted by atomic mass is 35.5. The molecule has 0 spiro atoms. The van der Waals surface area contributed by atoms with E-state index in [0.717, 1.165) is 0 Å². The third-order valence-electron chi connectivity index (χ3n) is 2.99. The molecule has 0 aliphatic heterocycles. The first-order valence-corrected chi connectivity index (χ1v) is 6.38. The van der Waals surface area contributed by atoms with Crippen LogP contribution in [-0.4, -0.2) is 22.5 Å². The van der Waals surface area contributed by atoms with Crippen LogP contribution in [0, 0.1) is 12.7 Å². The maximum Gasteiger partial charge on any atom is 0.239 e. The van der Waals surface area contributed by atoms with Crippen molar-refractivity contribution in [2.24, 2.45) is 0 Å². The van der Waals surface area contributed by atoms with E-state index in [9.17, 15) is 9.18 Å². The van der Waals surface area contributed by atoms with Crippen molar-refractivity contribution >= 4 is 28.5 Å². The lowest BCUT2D eigenvalue weighted by atomic mass is 10.2. The number of rotatable bonds is 3. The van der Waals surface area contributed by atoms with Gasteiger partial charge in [0, 0.05) is 13.1 Å². The summed E-state index contributed by atoms with van der Waals surface area (Å²) in [5.74, 6) is 0.0935. The van der Waals surface area contributed by atoms with Gasteiger partial charge in [-0.2, -0.15) is 0 Å². The van der Waals surface area contributed by atoms with Gasteiger partial charge in [0.15, 0.2) is 0 Å². The van der Waals surface area contributed by atoms with Crippen molar-refractivity contribution < 1.29 is 9.18 Å². The Bertz CT molecular complexity index is 636. The van der Waals surface area contributed by atoms with Crippen molar-refractivity contribution in [3.8, 4) is 0 Å². The van der Waals surface area contributed by atoms with Crippen LogP contribution in [-0.2, 0) is 11.3 Å². The molecule has 2 rings (SSSR count). The van der Waals surface area contributed by atoms with Gasteiger partial charge in [-0.15, -0.1) is 11.6 Å². The Morgan fingerprint density at radius 1 is 1.58 bits per heavy atom. The Hall–Kier alpha value is -1.62. The highest BCUT2D eigenvalue weighted by Gasteiger charge is 2.17. The van der Waals surface area contributed by atoms with Crippen LogP contribution >= 0.6 is 11.6 Å².